The summed E-state index contributed by atoms with van der Waals surface area (Å²) in [5.41, 5.74) is 0.772. The molecule has 22 heavy (non-hydrogen) atoms. The number of benzene rings is 1. The van der Waals surface area contributed by atoms with Crippen molar-refractivity contribution in [3.05, 3.63) is 40.7 Å². The molecule has 2 aromatic rings. The summed E-state index contributed by atoms with van der Waals surface area (Å²) in [7, 11) is 0. The lowest BCUT2D eigenvalue weighted by Crippen LogP contribution is -2.24. The molecule has 114 valence electrons. The topological polar surface area (TPSA) is 68.0 Å². The van der Waals surface area contributed by atoms with Gasteiger partial charge in [0.25, 0.3) is 0 Å². The average Bonchev–Trinajstić information content (AvgIpc) is 2.43. The number of halogens is 1. The van der Waals surface area contributed by atoms with Crippen molar-refractivity contribution in [2.24, 2.45) is 0 Å². The minimum Gasteiger partial charge on any atom is -0.472 e. The van der Waals surface area contributed by atoms with Crippen molar-refractivity contribution in [1.29, 1.82) is 5.26 Å². The van der Waals surface area contributed by atoms with Crippen LogP contribution in [0.5, 0.6) is 17.5 Å². The van der Waals surface area contributed by atoms with Gasteiger partial charge in [0.2, 0.25) is 11.8 Å². The second kappa shape index (κ2) is 6.20. The highest BCUT2D eigenvalue weighted by molar-refractivity contribution is 6.32. The standard InChI is InChI=1S/C16H16ClN3O2/c1-10-14(19-9-20-15(10)22-16(2,3)4)21-13-6-5-11(8-18)7-12(13)17/h5-7,9H,1-4H3. The van der Waals surface area contributed by atoms with Crippen molar-refractivity contribution >= 4 is 11.6 Å². The molecule has 0 unspecified atom stereocenters. The highest BCUT2D eigenvalue weighted by Gasteiger charge is 2.18. The normalized spacial score (nSPS) is 10.9. The second-order valence-corrected chi connectivity index (χ2v) is 6.09. The van der Waals surface area contributed by atoms with E-state index >= 15 is 0 Å². The molecule has 0 radical (unpaired) electrons. The van der Waals surface area contributed by atoms with E-state index in [1.807, 2.05) is 33.8 Å². The van der Waals surface area contributed by atoms with Gasteiger partial charge in [-0.3, -0.25) is 0 Å². The molecule has 0 amide bonds. The number of aromatic nitrogens is 2. The van der Waals surface area contributed by atoms with Gasteiger partial charge in [0.1, 0.15) is 17.7 Å². The molecule has 5 nitrogen and oxygen atoms in total. The largest absolute Gasteiger partial charge is 0.472 e. The first-order valence-electron chi connectivity index (χ1n) is 6.68. The number of hydrogen-bond donors (Lipinski definition) is 0. The summed E-state index contributed by atoms with van der Waals surface area (Å²) < 4.78 is 11.5. The molecule has 0 saturated heterocycles. The summed E-state index contributed by atoms with van der Waals surface area (Å²) in [4.78, 5) is 8.24. The summed E-state index contributed by atoms with van der Waals surface area (Å²) in [6.45, 7) is 7.62. The summed E-state index contributed by atoms with van der Waals surface area (Å²) in [6, 6.07) is 6.82. The average molecular weight is 318 g/mol. The van der Waals surface area contributed by atoms with Gasteiger partial charge in [-0.2, -0.15) is 5.26 Å². The maximum atomic E-state index is 8.84. The third-order valence-electron chi connectivity index (χ3n) is 2.66. The van der Waals surface area contributed by atoms with E-state index in [0.717, 1.165) is 0 Å². The molecule has 2 rings (SSSR count). The molecule has 0 aliphatic heterocycles. The number of hydrogen-bond acceptors (Lipinski definition) is 5. The van der Waals surface area contributed by atoms with Crippen molar-refractivity contribution in [3.63, 3.8) is 0 Å². The fraction of sp³-hybridized carbons (Fsp3) is 0.312. The molecule has 0 aliphatic rings. The Morgan fingerprint density at radius 1 is 1.18 bits per heavy atom. The Morgan fingerprint density at radius 3 is 2.45 bits per heavy atom. The molecule has 1 aromatic heterocycles. The Labute approximate surface area is 134 Å². The number of nitrogens with zero attached hydrogens (tertiary/aromatic N) is 3. The molecule has 1 heterocycles. The molecule has 1 aromatic carbocycles. The zero-order valence-corrected chi connectivity index (χ0v) is 13.6. The monoisotopic (exact) mass is 317 g/mol. The van der Waals surface area contributed by atoms with Gasteiger partial charge < -0.3 is 9.47 Å². The van der Waals surface area contributed by atoms with Gasteiger partial charge in [0.05, 0.1) is 22.2 Å². The molecule has 0 atom stereocenters. The van der Waals surface area contributed by atoms with Gasteiger partial charge in [0.15, 0.2) is 0 Å². The van der Waals surface area contributed by atoms with Crippen molar-refractivity contribution in [2.75, 3.05) is 0 Å². The molecule has 0 aliphatic carbocycles. The molecule has 0 bridgehead atoms. The molecule has 6 heteroatoms. The number of rotatable bonds is 3. The zero-order valence-electron chi connectivity index (χ0n) is 12.8. The smallest absolute Gasteiger partial charge is 0.229 e. The summed E-state index contributed by atoms with van der Waals surface area (Å²) in [6.07, 6.45) is 1.38. The Balaban J connectivity index is 2.31. The molecule has 0 fully saturated rings. The Bertz CT molecular complexity index is 733. The van der Waals surface area contributed by atoms with Crippen molar-refractivity contribution in [1.82, 2.24) is 9.97 Å². The first kappa shape index (κ1) is 16.1. The quantitative estimate of drug-likeness (QED) is 0.845. The first-order valence-corrected chi connectivity index (χ1v) is 7.06. The molecule has 0 spiro atoms. The number of ether oxygens (including phenoxy) is 2. The highest BCUT2D eigenvalue weighted by Crippen LogP contribution is 2.33. The van der Waals surface area contributed by atoms with Crippen LogP contribution >= 0.6 is 11.6 Å². The minimum atomic E-state index is -0.373. The van der Waals surface area contributed by atoms with Crippen molar-refractivity contribution in [2.45, 2.75) is 33.3 Å². The molecular formula is C16H16ClN3O2. The number of nitriles is 1. The summed E-state index contributed by atoms with van der Waals surface area (Å²) >= 11 is 6.11. The maximum absolute atomic E-state index is 8.84. The molecule has 0 saturated carbocycles. The highest BCUT2D eigenvalue weighted by atomic mass is 35.5. The van der Waals surface area contributed by atoms with E-state index in [9.17, 15) is 0 Å². The van der Waals surface area contributed by atoms with Gasteiger partial charge in [-0.15, -0.1) is 0 Å². The van der Waals surface area contributed by atoms with Crippen LogP contribution in [0.1, 0.15) is 31.9 Å². The fourth-order valence-corrected chi connectivity index (χ4v) is 1.89. The third kappa shape index (κ3) is 3.86. The Kier molecular flexibility index (Phi) is 4.53. The van der Waals surface area contributed by atoms with Gasteiger partial charge in [-0.05, 0) is 45.9 Å². The summed E-state index contributed by atoms with van der Waals surface area (Å²) in [5, 5.41) is 9.19. The lowest BCUT2D eigenvalue weighted by atomic mass is 10.2. The Hall–Kier alpha value is -2.32. The molecule has 0 N–H and O–H groups in total. The summed E-state index contributed by atoms with van der Waals surface area (Å²) in [5.74, 6) is 1.24. The van der Waals surface area contributed by atoms with Crippen LogP contribution in [0.4, 0.5) is 0 Å². The lowest BCUT2D eigenvalue weighted by Gasteiger charge is -2.21. The maximum Gasteiger partial charge on any atom is 0.229 e. The van der Waals surface area contributed by atoms with Crippen molar-refractivity contribution < 1.29 is 9.47 Å². The van der Waals surface area contributed by atoms with Gasteiger partial charge in [0, 0.05) is 0 Å². The third-order valence-corrected chi connectivity index (χ3v) is 2.96. The van der Waals surface area contributed by atoms with Crippen LogP contribution < -0.4 is 9.47 Å². The van der Waals surface area contributed by atoms with Crippen LogP contribution in [0.25, 0.3) is 0 Å². The second-order valence-electron chi connectivity index (χ2n) is 5.68. The minimum absolute atomic E-state index is 0.343. The van der Waals surface area contributed by atoms with E-state index in [1.165, 1.54) is 6.33 Å². The first-order chi connectivity index (χ1) is 10.3. The van der Waals surface area contributed by atoms with E-state index < -0.39 is 0 Å². The van der Waals surface area contributed by atoms with Crippen LogP contribution in [-0.4, -0.2) is 15.6 Å². The van der Waals surface area contributed by atoms with Gasteiger partial charge >= 0.3 is 0 Å². The van der Waals surface area contributed by atoms with Gasteiger partial charge in [-0.25, -0.2) is 9.97 Å². The van der Waals surface area contributed by atoms with Crippen molar-refractivity contribution in [3.8, 4) is 23.6 Å². The van der Waals surface area contributed by atoms with Crippen LogP contribution in [0.2, 0.25) is 5.02 Å². The van der Waals surface area contributed by atoms with E-state index in [1.54, 1.807) is 18.2 Å². The predicted octanol–water partition coefficient (Wildman–Crippen LogP) is 4.28. The van der Waals surface area contributed by atoms with Gasteiger partial charge in [-0.1, -0.05) is 11.6 Å². The van der Waals surface area contributed by atoms with Crippen LogP contribution in [-0.2, 0) is 0 Å². The van der Waals surface area contributed by atoms with Crippen LogP contribution in [0.3, 0.4) is 0 Å². The van der Waals surface area contributed by atoms with Crippen LogP contribution in [0, 0.1) is 18.3 Å². The zero-order chi connectivity index (χ0) is 16.3. The molecular weight excluding hydrogens is 302 g/mol. The SMILES string of the molecule is Cc1c(Oc2ccc(C#N)cc2Cl)ncnc1OC(C)(C)C. The fourth-order valence-electron chi connectivity index (χ4n) is 1.67. The predicted molar refractivity (Wildman–Crippen MR) is 83.4 cm³/mol. The van der Waals surface area contributed by atoms with Crippen LogP contribution in [0.15, 0.2) is 24.5 Å². The van der Waals surface area contributed by atoms with E-state index in [2.05, 4.69) is 9.97 Å². The van der Waals surface area contributed by atoms with E-state index in [4.69, 9.17) is 26.3 Å². The lowest BCUT2D eigenvalue weighted by molar-refractivity contribution is 0.122. The Morgan fingerprint density at radius 2 is 1.86 bits per heavy atom. The van der Waals surface area contributed by atoms with E-state index in [-0.39, 0.29) is 5.60 Å². The van der Waals surface area contributed by atoms with E-state index in [0.29, 0.717) is 33.7 Å².